The number of hydrogen-bond acceptors (Lipinski definition) is 4. The molecule has 0 spiro atoms. The molecular formula is C18H24F3NO3. The molecule has 7 heteroatoms. The molecule has 0 aromatic heterocycles. The van der Waals surface area contributed by atoms with Gasteiger partial charge >= 0.3 is 6.36 Å². The molecule has 0 radical (unpaired) electrons. The summed E-state index contributed by atoms with van der Waals surface area (Å²) in [5.41, 5.74) is 0.688. The summed E-state index contributed by atoms with van der Waals surface area (Å²) in [7, 11) is 0. The smallest absolute Gasteiger partial charge is 0.406 e. The summed E-state index contributed by atoms with van der Waals surface area (Å²) in [5, 5.41) is 3.40. The van der Waals surface area contributed by atoms with E-state index in [1.807, 2.05) is 13.8 Å². The summed E-state index contributed by atoms with van der Waals surface area (Å²) < 4.78 is 46.0. The van der Waals surface area contributed by atoms with Crippen molar-refractivity contribution in [3.05, 3.63) is 29.8 Å². The van der Waals surface area contributed by atoms with E-state index in [1.165, 1.54) is 24.3 Å². The Balaban J connectivity index is 2.07. The summed E-state index contributed by atoms with van der Waals surface area (Å²) in [6, 6.07) is 5.84. The third-order valence-corrected chi connectivity index (χ3v) is 4.26. The largest absolute Gasteiger partial charge is 0.573 e. The van der Waals surface area contributed by atoms with Gasteiger partial charge in [-0.15, -0.1) is 13.2 Å². The lowest BCUT2D eigenvalue weighted by molar-refractivity contribution is -0.274. The number of Topliss-reactive ketones (excluding diaryl/α,β-unsaturated/α-hetero) is 1. The van der Waals surface area contributed by atoms with Gasteiger partial charge in [-0.05, 0) is 30.5 Å². The first-order chi connectivity index (χ1) is 11.8. The highest BCUT2D eigenvalue weighted by atomic mass is 19.4. The maximum Gasteiger partial charge on any atom is 0.573 e. The van der Waals surface area contributed by atoms with Gasteiger partial charge in [0.25, 0.3) is 0 Å². The van der Waals surface area contributed by atoms with Gasteiger partial charge in [0.15, 0.2) is 0 Å². The van der Waals surface area contributed by atoms with Crippen LogP contribution in [0.4, 0.5) is 13.2 Å². The van der Waals surface area contributed by atoms with Crippen LogP contribution in [0, 0.1) is 5.92 Å². The molecule has 0 saturated carbocycles. The minimum atomic E-state index is -4.72. The van der Waals surface area contributed by atoms with Gasteiger partial charge in [0, 0.05) is 31.7 Å². The first kappa shape index (κ1) is 19.7. The minimum absolute atomic E-state index is 0.0593. The van der Waals surface area contributed by atoms with E-state index in [4.69, 9.17) is 4.74 Å². The van der Waals surface area contributed by atoms with Gasteiger partial charge < -0.3 is 14.8 Å². The highest BCUT2D eigenvalue weighted by molar-refractivity contribution is 5.87. The van der Waals surface area contributed by atoms with Gasteiger partial charge in [-0.2, -0.15) is 0 Å². The molecule has 1 atom stereocenters. The highest BCUT2D eigenvalue weighted by Gasteiger charge is 2.31. The van der Waals surface area contributed by atoms with Crippen LogP contribution in [0.5, 0.6) is 5.75 Å². The molecule has 0 unspecified atom stereocenters. The van der Waals surface area contributed by atoms with Crippen LogP contribution >= 0.6 is 0 Å². The summed E-state index contributed by atoms with van der Waals surface area (Å²) in [4.78, 5) is 12.6. The van der Waals surface area contributed by atoms with Crippen molar-refractivity contribution in [1.29, 1.82) is 0 Å². The Morgan fingerprint density at radius 1 is 1.24 bits per heavy atom. The van der Waals surface area contributed by atoms with E-state index in [0.717, 1.165) is 12.8 Å². The van der Waals surface area contributed by atoms with E-state index in [-0.39, 0.29) is 17.5 Å². The van der Waals surface area contributed by atoms with Crippen molar-refractivity contribution >= 4 is 5.78 Å². The molecule has 1 heterocycles. The molecular weight excluding hydrogens is 335 g/mol. The Labute approximate surface area is 145 Å². The summed E-state index contributed by atoms with van der Waals surface area (Å²) in [6.07, 6.45) is -2.94. The highest BCUT2D eigenvalue weighted by Crippen LogP contribution is 2.26. The second-order valence-corrected chi connectivity index (χ2v) is 6.52. The van der Waals surface area contributed by atoms with Crippen LogP contribution in [0.15, 0.2) is 24.3 Å². The lowest BCUT2D eigenvalue weighted by atomic mass is 9.88. The molecule has 4 nitrogen and oxygen atoms in total. The van der Waals surface area contributed by atoms with E-state index in [0.29, 0.717) is 31.4 Å². The fourth-order valence-corrected chi connectivity index (χ4v) is 2.87. The number of benzene rings is 1. The van der Waals surface area contributed by atoms with Crippen LogP contribution in [0.25, 0.3) is 0 Å². The third-order valence-electron chi connectivity index (χ3n) is 4.26. The average molecular weight is 359 g/mol. The van der Waals surface area contributed by atoms with E-state index < -0.39 is 12.3 Å². The van der Waals surface area contributed by atoms with Crippen molar-refractivity contribution in [3.63, 3.8) is 0 Å². The zero-order chi connectivity index (χ0) is 18.4. The van der Waals surface area contributed by atoms with E-state index >= 15 is 0 Å². The van der Waals surface area contributed by atoms with Crippen LogP contribution in [-0.2, 0) is 9.53 Å². The molecule has 25 heavy (non-hydrogen) atoms. The first-order valence-corrected chi connectivity index (χ1v) is 8.47. The van der Waals surface area contributed by atoms with E-state index in [2.05, 4.69) is 10.1 Å². The third kappa shape index (κ3) is 6.32. The molecule has 0 aliphatic carbocycles. The normalized spacial score (nSPS) is 17.5. The number of carbonyl (C=O) groups excluding carboxylic acids is 1. The lowest BCUT2D eigenvalue weighted by Crippen LogP contribution is -2.39. The molecule has 2 rings (SSSR count). The molecule has 1 aromatic carbocycles. The van der Waals surface area contributed by atoms with Gasteiger partial charge in [0.2, 0.25) is 0 Å². The zero-order valence-corrected chi connectivity index (χ0v) is 14.4. The number of nitrogens with one attached hydrogen (secondary N) is 1. The number of alkyl halides is 3. The van der Waals surface area contributed by atoms with Gasteiger partial charge in [-0.1, -0.05) is 26.0 Å². The number of halogens is 3. The molecule has 1 fully saturated rings. The molecule has 0 bridgehead atoms. The summed E-state index contributed by atoms with van der Waals surface area (Å²) in [5.74, 6) is -0.788. The van der Waals surface area contributed by atoms with Crippen LogP contribution in [0.1, 0.15) is 38.2 Å². The zero-order valence-electron chi connectivity index (χ0n) is 14.4. The monoisotopic (exact) mass is 359 g/mol. The predicted octanol–water partition coefficient (Wildman–Crippen LogP) is 3.66. The molecule has 140 valence electrons. The standard InChI is InChI=1S/C18H24F3NO3/c1-12(2)17(23)16(11-22-14-7-9-24-10-8-14)13-3-5-15(6-4-13)25-18(19,20)21/h3-6,12,14,16,22H,7-11H2,1-2H3/t16-/m1/s1. The van der Waals surface area contributed by atoms with E-state index in [1.54, 1.807) is 0 Å². The van der Waals surface area contributed by atoms with Crippen LogP contribution in [-0.4, -0.2) is 37.9 Å². The van der Waals surface area contributed by atoms with Crippen molar-refractivity contribution in [3.8, 4) is 5.75 Å². The Morgan fingerprint density at radius 3 is 2.36 bits per heavy atom. The molecule has 1 aliphatic rings. The average Bonchev–Trinajstić information content (AvgIpc) is 2.55. The molecule has 1 aromatic rings. The van der Waals surface area contributed by atoms with Crippen molar-refractivity contribution in [2.24, 2.45) is 5.92 Å². The van der Waals surface area contributed by atoms with Crippen LogP contribution in [0.2, 0.25) is 0 Å². The van der Waals surface area contributed by atoms with Crippen LogP contribution < -0.4 is 10.1 Å². The molecule has 1 N–H and O–H groups in total. The quantitative estimate of drug-likeness (QED) is 0.807. The van der Waals surface area contributed by atoms with Gasteiger partial charge in [0.05, 0.1) is 5.92 Å². The Bertz CT molecular complexity index is 552. The number of ketones is 1. The maximum absolute atomic E-state index is 12.6. The molecule has 1 saturated heterocycles. The van der Waals surface area contributed by atoms with Gasteiger partial charge in [0.1, 0.15) is 11.5 Å². The summed E-state index contributed by atoms with van der Waals surface area (Å²) in [6.45, 7) is 5.50. The lowest BCUT2D eigenvalue weighted by Gasteiger charge is -2.26. The Kier molecular flexibility index (Phi) is 6.84. The van der Waals surface area contributed by atoms with Crippen molar-refractivity contribution in [2.75, 3.05) is 19.8 Å². The molecule has 1 aliphatic heterocycles. The Morgan fingerprint density at radius 2 is 1.84 bits per heavy atom. The van der Waals surface area contributed by atoms with Crippen LogP contribution in [0.3, 0.4) is 0 Å². The minimum Gasteiger partial charge on any atom is -0.406 e. The van der Waals surface area contributed by atoms with Crippen molar-refractivity contribution < 1.29 is 27.4 Å². The number of rotatable bonds is 7. The Hall–Kier alpha value is -1.60. The maximum atomic E-state index is 12.6. The van der Waals surface area contributed by atoms with Crippen molar-refractivity contribution in [1.82, 2.24) is 5.32 Å². The topological polar surface area (TPSA) is 47.6 Å². The number of carbonyl (C=O) groups is 1. The SMILES string of the molecule is CC(C)C(=O)[C@H](CNC1CCOCC1)c1ccc(OC(F)(F)F)cc1. The predicted molar refractivity (Wildman–Crippen MR) is 87.6 cm³/mol. The first-order valence-electron chi connectivity index (χ1n) is 8.47. The fourth-order valence-electron chi connectivity index (χ4n) is 2.87. The van der Waals surface area contributed by atoms with Crippen molar-refractivity contribution in [2.45, 2.75) is 45.0 Å². The number of ether oxygens (including phenoxy) is 2. The van der Waals surface area contributed by atoms with Gasteiger partial charge in [-0.25, -0.2) is 0 Å². The van der Waals surface area contributed by atoms with Gasteiger partial charge in [-0.3, -0.25) is 4.79 Å². The summed E-state index contributed by atoms with van der Waals surface area (Å²) >= 11 is 0. The second kappa shape index (κ2) is 8.67. The fraction of sp³-hybridized carbons (Fsp3) is 0.611. The second-order valence-electron chi connectivity index (χ2n) is 6.52. The molecule has 0 amide bonds. The number of hydrogen-bond donors (Lipinski definition) is 1. The van der Waals surface area contributed by atoms with E-state index in [9.17, 15) is 18.0 Å².